The molecule has 0 saturated carbocycles. The number of fused-ring (bicyclic) bond motifs is 1. The molecule has 28 heavy (non-hydrogen) atoms. The van der Waals surface area contributed by atoms with Gasteiger partial charge in [-0.15, -0.1) is 0 Å². The van der Waals surface area contributed by atoms with Gasteiger partial charge in [0.05, 0.1) is 18.8 Å². The molecule has 2 aromatic carbocycles. The van der Waals surface area contributed by atoms with Crippen molar-refractivity contribution in [2.45, 2.75) is 26.9 Å². The fourth-order valence-corrected chi connectivity index (χ4v) is 2.73. The van der Waals surface area contributed by atoms with Crippen molar-refractivity contribution in [2.75, 3.05) is 13.2 Å². The van der Waals surface area contributed by atoms with Crippen LogP contribution in [0.2, 0.25) is 0 Å². The van der Waals surface area contributed by atoms with Crippen LogP contribution in [0.5, 0.6) is 17.2 Å². The highest BCUT2D eigenvalue weighted by Crippen LogP contribution is 2.35. The van der Waals surface area contributed by atoms with E-state index in [2.05, 4.69) is 0 Å². The van der Waals surface area contributed by atoms with Crippen molar-refractivity contribution in [1.82, 2.24) is 0 Å². The third-order valence-corrected chi connectivity index (χ3v) is 4.06. The van der Waals surface area contributed by atoms with E-state index in [1.165, 1.54) is 0 Å². The van der Waals surface area contributed by atoms with Gasteiger partial charge in [0.1, 0.15) is 17.2 Å². The average molecular weight is 382 g/mol. The molecule has 6 heteroatoms. The van der Waals surface area contributed by atoms with Gasteiger partial charge in [0.15, 0.2) is 11.9 Å². The van der Waals surface area contributed by atoms with E-state index in [0.717, 1.165) is 11.3 Å². The van der Waals surface area contributed by atoms with Crippen molar-refractivity contribution in [3.63, 3.8) is 0 Å². The maximum atomic E-state index is 12.6. The second-order valence-electron chi connectivity index (χ2n) is 6.11. The summed E-state index contributed by atoms with van der Waals surface area (Å²) in [5.41, 5.74) is 1.28. The molecule has 0 bridgehead atoms. The molecule has 146 valence electrons. The zero-order valence-electron chi connectivity index (χ0n) is 16.1. The van der Waals surface area contributed by atoms with Gasteiger partial charge in [-0.3, -0.25) is 4.79 Å². The Morgan fingerprint density at radius 3 is 2.46 bits per heavy atom. The van der Waals surface area contributed by atoms with E-state index in [1.54, 1.807) is 38.1 Å². The van der Waals surface area contributed by atoms with E-state index in [4.69, 9.17) is 18.9 Å². The van der Waals surface area contributed by atoms with Crippen molar-refractivity contribution >= 4 is 17.8 Å². The molecular weight excluding hydrogens is 360 g/mol. The minimum atomic E-state index is -0.756. The highest BCUT2D eigenvalue weighted by Gasteiger charge is 2.28. The van der Waals surface area contributed by atoms with Gasteiger partial charge in [0.2, 0.25) is 5.78 Å². The Kier molecular flexibility index (Phi) is 5.99. The first-order valence-electron chi connectivity index (χ1n) is 9.16. The Balaban J connectivity index is 1.74. The Labute approximate surface area is 163 Å². The zero-order chi connectivity index (χ0) is 20.1. The predicted molar refractivity (Wildman–Crippen MR) is 104 cm³/mol. The van der Waals surface area contributed by atoms with Gasteiger partial charge in [-0.05, 0) is 56.7 Å². The Bertz CT molecular complexity index is 898. The fraction of sp³-hybridized carbons (Fsp3) is 0.273. The largest absolute Gasteiger partial charge is 0.494 e. The van der Waals surface area contributed by atoms with Crippen LogP contribution in [0.25, 0.3) is 6.08 Å². The maximum Gasteiger partial charge on any atom is 0.347 e. The highest BCUT2D eigenvalue weighted by molar-refractivity contribution is 6.14. The van der Waals surface area contributed by atoms with Crippen LogP contribution >= 0.6 is 0 Å². The normalized spacial score (nSPS) is 15.0. The number of carbonyl (C=O) groups is 2. The standard InChI is InChI=1S/C22H22O6/c1-4-25-16-8-6-15(7-9-16)12-20-21(23)18-11-10-17(13-19(18)28-20)27-14(3)22(24)26-5-2/h6-14H,4-5H2,1-3H3/b20-12-/t14-/m1/s1. The number of benzene rings is 2. The van der Waals surface area contributed by atoms with Gasteiger partial charge in [-0.25, -0.2) is 4.79 Å². The number of esters is 1. The lowest BCUT2D eigenvalue weighted by molar-refractivity contribution is -0.150. The first-order chi connectivity index (χ1) is 13.5. The van der Waals surface area contributed by atoms with E-state index in [-0.39, 0.29) is 18.1 Å². The molecule has 6 nitrogen and oxygen atoms in total. The molecule has 0 unspecified atom stereocenters. The lowest BCUT2D eigenvalue weighted by atomic mass is 10.1. The molecule has 3 rings (SSSR count). The summed E-state index contributed by atoms with van der Waals surface area (Å²) in [6.07, 6.45) is 0.925. The first-order valence-corrected chi connectivity index (χ1v) is 9.16. The first kappa shape index (κ1) is 19.5. The molecule has 1 heterocycles. The van der Waals surface area contributed by atoms with Crippen LogP contribution in [0.1, 0.15) is 36.7 Å². The lowest BCUT2D eigenvalue weighted by Gasteiger charge is -2.13. The molecule has 0 aromatic heterocycles. The van der Waals surface area contributed by atoms with Gasteiger partial charge < -0.3 is 18.9 Å². The summed E-state index contributed by atoms with van der Waals surface area (Å²) < 4.78 is 21.6. The summed E-state index contributed by atoms with van der Waals surface area (Å²) in [5.74, 6) is 1.17. The third kappa shape index (κ3) is 4.34. The van der Waals surface area contributed by atoms with Gasteiger partial charge >= 0.3 is 5.97 Å². The average Bonchev–Trinajstić information content (AvgIpc) is 2.98. The molecule has 0 fully saturated rings. The number of ketones is 1. The van der Waals surface area contributed by atoms with Crippen LogP contribution in [0.15, 0.2) is 48.2 Å². The van der Waals surface area contributed by atoms with Crippen LogP contribution in [0.4, 0.5) is 0 Å². The van der Waals surface area contributed by atoms with Crippen LogP contribution in [-0.4, -0.2) is 31.1 Å². The molecule has 2 aromatic rings. The van der Waals surface area contributed by atoms with Crippen molar-refractivity contribution in [1.29, 1.82) is 0 Å². The zero-order valence-corrected chi connectivity index (χ0v) is 16.1. The SMILES string of the molecule is CCOC(=O)[C@@H](C)Oc1ccc2c(c1)O/C(=C\c1ccc(OCC)cc1)C2=O. The summed E-state index contributed by atoms with van der Waals surface area (Å²) in [4.78, 5) is 24.3. The molecule has 1 aliphatic heterocycles. The maximum absolute atomic E-state index is 12.6. The summed E-state index contributed by atoms with van der Waals surface area (Å²) in [7, 11) is 0. The Morgan fingerprint density at radius 1 is 1.07 bits per heavy atom. The summed E-state index contributed by atoms with van der Waals surface area (Å²) in [6, 6.07) is 12.2. The van der Waals surface area contributed by atoms with Gasteiger partial charge in [-0.2, -0.15) is 0 Å². The van der Waals surface area contributed by atoms with Crippen LogP contribution in [-0.2, 0) is 9.53 Å². The van der Waals surface area contributed by atoms with E-state index in [9.17, 15) is 9.59 Å². The number of carbonyl (C=O) groups excluding carboxylic acids is 2. The fourth-order valence-electron chi connectivity index (χ4n) is 2.73. The molecular formula is C22H22O6. The molecule has 0 aliphatic carbocycles. The smallest absolute Gasteiger partial charge is 0.347 e. The van der Waals surface area contributed by atoms with Crippen molar-refractivity contribution < 1.29 is 28.5 Å². The number of rotatable bonds is 7. The van der Waals surface area contributed by atoms with E-state index in [1.807, 2.05) is 31.2 Å². The van der Waals surface area contributed by atoms with Crippen LogP contribution in [0.3, 0.4) is 0 Å². The van der Waals surface area contributed by atoms with E-state index in [0.29, 0.717) is 23.7 Å². The quantitative estimate of drug-likeness (QED) is 0.532. The van der Waals surface area contributed by atoms with Gasteiger partial charge in [0.25, 0.3) is 0 Å². The number of hydrogen-bond donors (Lipinski definition) is 0. The van der Waals surface area contributed by atoms with Gasteiger partial charge in [0, 0.05) is 6.07 Å². The number of ether oxygens (including phenoxy) is 4. The Morgan fingerprint density at radius 2 is 1.79 bits per heavy atom. The molecule has 0 spiro atoms. The molecule has 0 saturated heterocycles. The molecule has 0 amide bonds. The summed E-state index contributed by atoms with van der Waals surface area (Å²) >= 11 is 0. The number of hydrogen-bond acceptors (Lipinski definition) is 6. The summed E-state index contributed by atoms with van der Waals surface area (Å²) in [5, 5.41) is 0. The third-order valence-electron chi connectivity index (χ3n) is 4.06. The van der Waals surface area contributed by atoms with Crippen molar-refractivity contribution in [3.8, 4) is 17.2 Å². The molecule has 1 aliphatic rings. The van der Waals surface area contributed by atoms with Gasteiger partial charge in [-0.1, -0.05) is 12.1 Å². The predicted octanol–water partition coefficient (Wildman–Crippen LogP) is 4.03. The molecule has 0 radical (unpaired) electrons. The van der Waals surface area contributed by atoms with Crippen LogP contribution in [0, 0.1) is 0 Å². The highest BCUT2D eigenvalue weighted by atomic mass is 16.6. The van der Waals surface area contributed by atoms with E-state index >= 15 is 0 Å². The number of Topliss-reactive ketones (excluding diaryl/α,β-unsaturated/α-hetero) is 1. The minimum Gasteiger partial charge on any atom is -0.494 e. The minimum absolute atomic E-state index is 0.200. The van der Waals surface area contributed by atoms with Crippen molar-refractivity contribution in [3.05, 3.63) is 59.4 Å². The number of allylic oxidation sites excluding steroid dienone is 1. The topological polar surface area (TPSA) is 71.1 Å². The lowest BCUT2D eigenvalue weighted by Crippen LogP contribution is -2.26. The molecule has 0 N–H and O–H groups in total. The summed E-state index contributed by atoms with van der Waals surface area (Å²) in [6.45, 7) is 6.14. The Hall–Kier alpha value is -3.28. The second kappa shape index (κ2) is 8.61. The monoisotopic (exact) mass is 382 g/mol. The van der Waals surface area contributed by atoms with Crippen molar-refractivity contribution in [2.24, 2.45) is 0 Å². The second-order valence-corrected chi connectivity index (χ2v) is 6.11. The van der Waals surface area contributed by atoms with Crippen LogP contribution < -0.4 is 14.2 Å². The van der Waals surface area contributed by atoms with E-state index < -0.39 is 12.1 Å². The molecule has 1 atom stereocenters.